The molecule has 0 fully saturated rings. The number of rotatable bonds is 6. The fraction of sp³-hybridized carbons (Fsp3) is 0.400. The van der Waals surface area contributed by atoms with Crippen LogP contribution in [0.3, 0.4) is 0 Å². The van der Waals surface area contributed by atoms with Gasteiger partial charge in [0, 0.05) is 19.0 Å². The lowest BCUT2D eigenvalue weighted by Gasteiger charge is -2.13. The Labute approximate surface area is 142 Å². The highest BCUT2D eigenvalue weighted by atomic mass is 19.4. The molecule has 1 aromatic heterocycles. The van der Waals surface area contributed by atoms with Gasteiger partial charge in [0.25, 0.3) is 0 Å². The zero-order chi connectivity index (χ0) is 18.3. The van der Waals surface area contributed by atoms with Crippen molar-refractivity contribution in [3.8, 4) is 5.75 Å². The van der Waals surface area contributed by atoms with Crippen LogP contribution in [0, 0.1) is 6.92 Å². The van der Waals surface area contributed by atoms with Gasteiger partial charge in [-0.15, -0.1) is 13.2 Å². The van der Waals surface area contributed by atoms with Crippen LogP contribution in [0.5, 0.6) is 5.75 Å². The fourth-order valence-corrected chi connectivity index (χ4v) is 1.94. The summed E-state index contributed by atoms with van der Waals surface area (Å²) in [6.45, 7) is 4.40. The van der Waals surface area contributed by atoms with Gasteiger partial charge in [-0.25, -0.2) is 4.99 Å². The molecule has 7 nitrogen and oxygen atoms in total. The SMILES string of the molecule is CCNC(=NCc1ccccc1OC(F)(F)F)NCc1noc(C)n1. The molecule has 25 heavy (non-hydrogen) atoms. The van der Waals surface area contributed by atoms with Crippen molar-refractivity contribution in [3.63, 3.8) is 0 Å². The highest BCUT2D eigenvalue weighted by Crippen LogP contribution is 2.26. The van der Waals surface area contributed by atoms with Gasteiger partial charge in [0.1, 0.15) is 5.75 Å². The molecule has 1 aromatic carbocycles. The lowest BCUT2D eigenvalue weighted by molar-refractivity contribution is -0.274. The lowest BCUT2D eigenvalue weighted by atomic mass is 10.2. The molecule has 136 valence electrons. The molecule has 10 heteroatoms. The largest absolute Gasteiger partial charge is 0.573 e. The molecule has 0 aliphatic carbocycles. The molecule has 0 saturated carbocycles. The minimum atomic E-state index is -4.75. The molecule has 0 radical (unpaired) electrons. The van der Waals surface area contributed by atoms with Crippen LogP contribution in [-0.2, 0) is 13.1 Å². The number of nitrogens with zero attached hydrogens (tertiary/aromatic N) is 3. The second kappa shape index (κ2) is 8.36. The molecular weight excluding hydrogens is 339 g/mol. The van der Waals surface area contributed by atoms with E-state index in [-0.39, 0.29) is 18.8 Å². The average molecular weight is 357 g/mol. The van der Waals surface area contributed by atoms with Crippen LogP contribution in [0.2, 0.25) is 0 Å². The molecule has 0 unspecified atom stereocenters. The first kappa shape index (κ1) is 18.6. The molecule has 2 rings (SSSR count). The first-order valence-electron chi connectivity index (χ1n) is 7.52. The number of aryl methyl sites for hydroxylation is 1. The van der Waals surface area contributed by atoms with Crippen molar-refractivity contribution in [2.75, 3.05) is 6.54 Å². The third-order valence-corrected chi connectivity index (χ3v) is 2.93. The summed E-state index contributed by atoms with van der Waals surface area (Å²) in [5, 5.41) is 9.71. The van der Waals surface area contributed by atoms with Gasteiger partial charge in [-0.2, -0.15) is 4.98 Å². The zero-order valence-corrected chi connectivity index (χ0v) is 13.7. The quantitative estimate of drug-likeness (QED) is 0.611. The topological polar surface area (TPSA) is 84.6 Å². The predicted octanol–water partition coefficient (Wildman–Crippen LogP) is 2.53. The third kappa shape index (κ3) is 6.32. The van der Waals surface area contributed by atoms with E-state index in [2.05, 4.69) is 30.5 Å². The molecule has 0 spiro atoms. The Morgan fingerprint density at radius 1 is 1.28 bits per heavy atom. The highest BCUT2D eigenvalue weighted by molar-refractivity contribution is 5.79. The smallest absolute Gasteiger partial charge is 0.405 e. The summed E-state index contributed by atoms with van der Waals surface area (Å²) in [4.78, 5) is 8.30. The summed E-state index contributed by atoms with van der Waals surface area (Å²) in [7, 11) is 0. The van der Waals surface area contributed by atoms with Crippen molar-refractivity contribution in [1.29, 1.82) is 0 Å². The summed E-state index contributed by atoms with van der Waals surface area (Å²) >= 11 is 0. The Morgan fingerprint density at radius 3 is 2.68 bits per heavy atom. The monoisotopic (exact) mass is 357 g/mol. The molecule has 0 atom stereocenters. The Balaban J connectivity index is 2.05. The maximum atomic E-state index is 12.4. The number of ether oxygens (including phenoxy) is 1. The van der Waals surface area contributed by atoms with Crippen molar-refractivity contribution < 1.29 is 22.4 Å². The lowest BCUT2D eigenvalue weighted by Crippen LogP contribution is -2.37. The van der Waals surface area contributed by atoms with Crippen molar-refractivity contribution in [3.05, 3.63) is 41.5 Å². The molecule has 0 aliphatic heterocycles. The molecule has 2 N–H and O–H groups in total. The van der Waals surface area contributed by atoms with Crippen LogP contribution in [0.4, 0.5) is 13.2 Å². The molecular formula is C15H18F3N5O2. The number of hydrogen-bond donors (Lipinski definition) is 2. The van der Waals surface area contributed by atoms with E-state index < -0.39 is 6.36 Å². The number of guanidine groups is 1. The normalized spacial score (nSPS) is 12.1. The maximum absolute atomic E-state index is 12.4. The van der Waals surface area contributed by atoms with Gasteiger partial charge in [-0.3, -0.25) is 0 Å². The van der Waals surface area contributed by atoms with E-state index in [0.29, 0.717) is 29.8 Å². The Morgan fingerprint density at radius 2 is 2.04 bits per heavy atom. The minimum absolute atomic E-state index is 0.00680. The number of halogens is 3. The molecule has 0 bridgehead atoms. The van der Waals surface area contributed by atoms with Crippen molar-refractivity contribution >= 4 is 5.96 Å². The number of alkyl halides is 3. The summed E-state index contributed by atoms with van der Waals surface area (Å²) in [5.41, 5.74) is 0.312. The van der Waals surface area contributed by atoms with Crippen LogP contribution in [-0.4, -0.2) is 29.0 Å². The van der Waals surface area contributed by atoms with E-state index in [9.17, 15) is 13.2 Å². The zero-order valence-electron chi connectivity index (χ0n) is 13.7. The van der Waals surface area contributed by atoms with Gasteiger partial charge >= 0.3 is 6.36 Å². The molecule has 2 aromatic rings. The molecule has 1 heterocycles. The van der Waals surface area contributed by atoms with Crippen LogP contribution in [0.1, 0.15) is 24.2 Å². The van der Waals surface area contributed by atoms with Crippen molar-refractivity contribution in [1.82, 2.24) is 20.8 Å². The molecule has 0 amide bonds. The van der Waals surface area contributed by atoms with Crippen LogP contribution in [0.15, 0.2) is 33.8 Å². The second-order valence-corrected chi connectivity index (χ2v) is 4.93. The molecule has 0 aliphatic rings. The summed E-state index contributed by atoms with van der Waals surface area (Å²) in [6.07, 6.45) is -4.75. The first-order chi connectivity index (χ1) is 11.9. The highest BCUT2D eigenvalue weighted by Gasteiger charge is 2.31. The summed E-state index contributed by atoms with van der Waals surface area (Å²) in [5.74, 6) is 1.02. The Bertz CT molecular complexity index is 715. The van der Waals surface area contributed by atoms with E-state index in [1.54, 1.807) is 13.0 Å². The number of aromatic nitrogens is 2. The van der Waals surface area contributed by atoms with Gasteiger partial charge in [0.15, 0.2) is 11.8 Å². The minimum Gasteiger partial charge on any atom is -0.405 e. The van der Waals surface area contributed by atoms with Crippen molar-refractivity contribution in [2.45, 2.75) is 33.3 Å². The standard InChI is InChI=1S/C15H18F3N5O2/c1-3-19-14(21-9-13-22-10(2)25-23-13)20-8-11-6-4-5-7-12(11)24-15(16,17)18/h4-7H,3,8-9H2,1-2H3,(H2,19,20,21). The third-order valence-electron chi connectivity index (χ3n) is 2.93. The first-order valence-corrected chi connectivity index (χ1v) is 7.52. The Hall–Kier alpha value is -2.78. The number of para-hydroxylation sites is 1. The summed E-state index contributed by atoms with van der Waals surface area (Å²) < 4.78 is 46.2. The Kier molecular flexibility index (Phi) is 6.20. The fourth-order valence-electron chi connectivity index (χ4n) is 1.94. The van der Waals surface area contributed by atoms with E-state index in [4.69, 9.17) is 4.52 Å². The van der Waals surface area contributed by atoms with Gasteiger partial charge < -0.3 is 19.9 Å². The molecule has 0 saturated heterocycles. The maximum Gasteiger partial charge on any atom is 0.573 e. The van der Waals surface area contributed by atoms with Gasteiger partial charge in [-0.1, -0.05) is 23.4 Å². The van der Waals surface area contributed by atoms with Gasteiger partial charge in [-0.05, 0) is 13.0 Å². The van der Waals surface area contributed by atoms with Crippen molar-refractivity contribution in [2.24, 2.45) is 4.99 Å². The van der Waals surface area contributed by atoms with Crippen LogP contribution >= 0.6 is 0 Å². The van der Waals surface area contributed by atoms with E-state index in [0.717, 1.165) is 0 Å². The number of hydrogen-bond acceptors (Lipinski definition) is 5. The second-order valence-electron chi connectivity index (χ2n) is 4.93. The predicted molar refractivity (Wildman–Crippen MR) is 83.8 cm³/mol. The van der Waals surface area contributed by atoms with E-state index >= 15 is 0 Å². The number of aliphatic imine (C=N–C) groups is 1. The average Bonchev–Trinajstić information content (AvgIpc) is 2.95. The van der Waals surface area contributed by atoms with E-state index in [1.165, 1.54) is 18.2 Å². The number of nitrogens with one attached hydrogen (secondary N) is 2. The summed E-state index contributed by atoms with van der Waals surface area (Å²) in [6, 6.07) is 5.87. The van der Waals surface area contributed by atoms with Crippen LogP contribution < -0.4 is 15.4 Å². The van der Waals surface area contributed by atoms with Gasteiger partial charge in [0.05, 0.1) is 13.1 Å². The van der Waals surface area contributed by atoms with Gasteiger partial charge in [0.2, 0.25) is 5.89 Å². The number of benzene rings is 1. The van der Waals surface area contributed by atoms with E-state index in [1.807, 2.05) is 6.92 Å². The van der Waals surface area contributed by atoms with Crippen LogP contribution in [0.25, 0.3) is 0 Å².